The van der Waals surface area contributed by atoms with Crippen LogP contribution in [0, 0.1) is 5.92 Å². The molecule has 2 N–H and O–H groups in total. The highest BCUT2D eigenvalue weighted by atomic mass is 35.5. The van der Waals surface area contributed by atoms with E-state index in [0.29, 0.717) is 48.1 Å². The maximum absolute atomic E-state index is 12.9. The second kappa shape index (κ2) is 10.5. The third-order valence-corrected chi connectivity index (χ3v) is 5.99. The van der Waals surface area contributed by atoms with Gasteiger partial charge < -0.3 is 15.0 Å². The highest BCUT2D eigenvalue weighted by molar-refractivity contribution is 6.33. The standard InChI is InChI=1S/C22H21ClF3N7O3/c1-36-19-8-13(14(23)10-28-19)15-9-16(32-31-15)21(35)33-6-3-12(4-7-33)20(34)29-11-18-27-5-2-17(30-18)22(24,25)26/h2,5,8-10,12H,3-4,6-7,11H2,1H3,(H,29,34)(H,31,32). The number of halogens is 4. The van der Waals surface area contributed by atoms with Gasteiger partial charge in [0.15, 0.2) is 0 Å². The average molecular weight is 524 g/mol. The van der Waals surface area contributed by atoms with E-state index < -0.39 is 11.9 Å². The summed E-state index contributed by atoms with van der Waals surface area (Å²) >= 11 is 6.20. The predicted octanol–water partition coefficient (Wildman–Crippen LogP) is 3.11. The summed E-state index contributed by atoms with van der Waals surface area (Å²) in [6, 6.07) is 3.96. The maximum Gasteiger partial charge on any atom is 0.433 e. The molecule has 10 nitrogen and oxygen atoms in total. The number of aromatic nitrogens is 5. The SMILES string of the molecule is COc1cc(-c2cc(C(=O)N3CCC(C(=O)NCc4nccc(C(F)(F)F)n4)CC3)[nH]n2)c(Cl)cn1. The molecule has 0 radical (unpaired) electrons. The van der Waals surface area contributed by atoms with Crippen LogP contribution in [-0.4, -0.2) is 62.1 Å². The first-order valence-electron chi connectivity index (χ1n) is 10.9. The molecule has 1 saturated heterocycles. The first-order chi connectivity index (χ1) is 17.2. The van der Waals surface area contributed by atoms with Crippen molar-refractivity contribution >= 4 is 23.4 Å². The summed E-state index contributed by atoms with van der Waals surface area (Å²) in [4.78, 5) is 38.3. The van der Waals surface area contributed by atoms with Gasteiger partial charge in [-0.3, -0.25) is 14.7 Å². The van der Waals surface area contributed by atoms with Crippen molar-refractivity contribution in [1.29, 1.82) is 0 Å². The summed E-state index contributed by atoms with van der Waals surface area (Å²) in [6.07, 6.45) is -1.36. The Morgan fingerprint density at radius 1 is 1.25 bits per heavy atom. The van der Waals surface area contributed by atoms with Crippen LogP contribution in [0.2, 0.25) is 5.02 Å². The van der Waals surface area contributed by atoms with Gasteiger partial charge in [-0.05, 0) is 25.0 Å². The van der Waals surface area contributed by atoms with E-state index in [1.165, 1.54) is 13.3 Å². The topological polar surface area (TPSA) is 126 Å². The second-order valence-corrected chi connectivity index (χ2v) is 8.42. The fourth-order valence-electron chi connectivity index (χ4n) is 3.76. The molecule has 3 aromatic heterocycles. The third-order valence-electron chi connectivity index (χ3n) is 5.69. The molecule has 190 valence electrons. The number of carbonyl (C=O) groups excluding carboxylic acids is 2. The lowest BCUT2D eigenvalue weighted by Gasteiger charge is -2.31. The zero-order valence-corrected chi connectivity index (χ0v) is 19.7. The van der Waals surface area contributed by atoms with Gasteiger partial charge >= 0.3 is 6.18 Å². The molecule has 1 aliphatic rings. The molecule has 36 heavy (non-hydrogen) atoms. The number of carbonyl (C=O) groups is 2. The van der Waals surface area contributed by atoms with Crippen molar-refractivity contribution in [3.8, 4) is 17.1 Å². The van der Waals surface area contributed by atoms with Crippen LogP contribution in [0.4, 0.5) is 13.2 Å². The number of likely N-dealkylation sites (tertiary alicyclic amines) is 1. The lowest BCUT2D eigenvalue weighted by molar-refractivity contribution is -0.141. The average Bonchev–Trinajstić information content (AvgIpc) is 3.37. The van der Waals surface area contributed by atoms with Crippen LogP contribution in [0.1, 0.15) is 34.8 Å². The van der Waals surface area contributed by atoms with E-state index in [-0.39, 0.29) is 35.8 Å². The lowest BCUT2D eigenvalue weighted by atomic mass is 9.95. The van der Waals surface area contributed by atoms with Crippen molar-refractivity contribution < 1.29 is 27.5 Å². The van der Waals surface area contributed by atoms with Crippen LogP contribution in [0.5, 0.6) is 5.88 Å². The van der Waals surface area contributed by atoms with Gasteiger partial charge in [0.1, 0.15) is 17.2 Å². The van der Waals surface area contributed by atoms with E-state index >= 15 is 0 Å². The minimum absolute atomic E-state index is 0.132. The number of aromatic amines is 1. The Bertz CT molecular complexity index is 1260. The number of hydrogen-bond donors (Lipinski definition) is 2. The number of alkyl halides is 3. The van der Waals surface area contributed by atoms with E-state index in [0.717, 1.165) is 12.3 Å². The number of nitrogens with zero attached hydrogens (tertiary/aromatic N) is 5. The number of nitrogens with one attached hydrogen (secondary N) is 2. The lowest BCUT2D eigenvalue weighted by Crippen LogP contribution is -2.43. The highest BCUT2D eigenvalue weighted by Crippen LogP contribution is 2.30. The summed E-state index contributed by atoms with van der Waals surface area (Å²) < 4.78 is 43.5. The van der Waals surface area contributed by atoms with Gasteiger partial charge in [-0.25, -0.2) is 15.0 Å². The molecule has 0 spiro atoms. The number of hydrogen-bond acceptors (Lipinski definition) is 7. The molecular formula is C22H21ClF3N7O3. The summed E-state index contributed by atoms with van der Waals surface area (Å²) in [7, 11) is 1.47. The Hall–Kier alpha value is -3.74. The molecule has 4 rings (SSSR count). The number of H-pyrrole nitrogens is 1. The van der Waals surface area contributed by atoms with E-state index in [1.807, 2.05) is 0 Å². The summed E-state index contributed by atoms with van der Waals surface area (Å²) in [5.74, 6) is -0.770. The Labute approximate surface area is 208 Å². The molecule has 0 unspecified atom stereocenters. The summed E-state index contributed by atoms with van der Waals surface area (Å²) in [5, 5.41) is 9.82. The maximum atomic E-state index is 12.9. The van der Waals surface area contributed by atoms with E-state index in [1.54, 1.807) is 17.0 Å². The normalized spacial score (nSPS) is 14.5. The van der Waals surface area contributed by atoms with Gasteiger partial charge in [0.25, 0.3) is 5.91 Å². The highest BCUT2D eigenvalue weighted by Gasteiger charge is 2.33. The van der Waals surface area contributed by atoms with Crippen LogP contribution in [0.3, 0.4) is 0 Å². The van der Waals surface area contributed by atoms with Gasteiger partial charge in [0, 0.05) is 36.8 Å². The van der Waals surface area contributed by atoms with Gasteiger partial charge in [-0.1, -0.05) is 11.6 Å². The molecule has 2 amide bonds. The van der Waals surface area contributed by atoms with E-state index in [2.05, 4.69) is 30.5 Å². The van der Waals surface area contributed by atoms with Gasteiger partial charge in [-0.15, -0.1) is 0 Å². The Morgan fingerprint density at radius 2 is 2.00 bits per heavy atom. The molecule has 14 heteroatoms. The van der Waals surface area contributed by atoms with Crippen molar-refractivity contribution in [2.24, 2.45) is 5.92 Å². The molecule has 0 atom stereocenters. The Balaban J connectivity index is 1.31. The Kier molecular flexibility index (Phi) is 7.38. The van der Waals surface area contributed by atoms with Crippen molar-refractivity contribution in [3.05, 3.63) is 52.8 Å². The number of pyridine rings is 1. The van der Waals surface area contributed by atoms with Gasteiger partial charge in [0.2, 0.25) is 11.8 Å². The van der Waals surface area contributed by atoms with Gasteiger partial charge in [0.05, 0.1) is 30.6 Å². The first-order valence-corrected chi connectivity index (χ1v) is 11.2. The van der Waals surface area contributed by atoms with Crippen LogP contribution in [0.25, 0.3) is 11.3 Å². The molecule has 1 fully saturated rings. The molecule has 1 aliphatic heterocycles. The molecule has 0 aliphatic carbocycles. The molecule has 4 heterocycles. The number of piperidine rings is 1. The zero-order valence-electron chi connectivity index (χ0n) is 19.0. The molecule has 0 aromatic carbocycles. The van der Waals surface area contributed by atoms with Crippen LogP contribution in [-0.2, 0) is 17.5 Å². The van der Waals surface area contributed by atoms with Gasteiger partial charge in [-0.2, -0.15) is 18.3 Å². The largest absolute Gasteiger partial charge is 0.481 e. The Morgan fingerprint density at radius 3 is 2.69 bits per heavy atom. The number of rotatable bonds is 6. The number of ether oxygens (including phenoxy) is 1. The fourth-order valence-corrected chi connectivity index (χ4v) is 3.96. The summed E-state index contributed by atoms with van der Waals surface area (Å²) in [5.41, 5.74) is 0.205. The van der Waals surface area contributed by atoms with E-state index in [4.69, 9.17) is 16.3 Å². The van der Waals surface area contributed by atoms with Crippen molar-refractivity contribution in [2.75, 3.05) is 20.2 Å². The van der Waals surface area contributed by atoms with Crippen LogP contribution < -0.4 is 10.1 Å². The molecule has 3 aromatic rings. The predicted molar refractivity (Wildman–Crippen MR) is 121 cm³/mol. The molecule has 0 saturated carbocycles. The minimum Gasteiger partial charge on any atom is -0.481 e. The number of methoxy groups -OCH3 is 1. The zero-order chi connectivity index (χ0) is 25.9. The minimum atomic E-state index is -4.59. The smallest absolute Gasteiger partial charge is 0.433 e. The van der Waals surface area contributed by atoms with Crippen LogP contribution in [0.15, 0.2) is 30.6 Å². The third kappa shape index (κ3) is 5.73. The number of amides is 2. The van der Waals surface area contributed by atoms with Crippen molar-refractivity contribution in [1.82, 2.24) is 35.4 Å². The fraction of sp³-hybridized carbons (Fsp3) is 0.364. The van der Waals surface area contributed by atoms with Crippen molar-refractivity contribution in [2.45, 2.75) is 25.6 Å². The second-order valence-electron chi connectivity index (χ2n) is 8.01. The van der Waals surface area contributed by atoms with E-state index in [9.17, 15) is 22.8 Å². The quantitative estimate of drug-likeness (QED) is 0.508. The molecule has 0 bridgehead atoms. The molecular weight excluding hydrogens is 503 g/mol. The summed E-state index contributed by atoms with van der Waals surface area (Å²) in [6.45, 7) is 0.436. The first kappa shape index (κ1) is 25.4. The van der Waals surface area contributed by atoms with Crippen molar-refractivity contribution in [3.63, 3.8) is 0 Å². The van der Waals surface area contributed by atoms with Crippen LogP contribution >= 0.6 is 11.6 Å². The monoisotopic (exact) mass is 523 g/mol.